The number of aromatic nitrogens is 3. The molecular formula is C12H6ClFN3. The summed E-state index contributed by atoms with van der Waals surface area (Å²) in [4.78, 5) is 8.04. The van der Waals surface area contributed by atoms with Gasteiger partial charge in [-0.05, 0) is 24.3 Å². The zero-order valence-corrected chi connectivity index (χ0v) is 9.32. The summed E-state index contributed by atoms with van der Waals surface area (Å²) in [6.45, 7) is 0. The van der Waals surface area contributed by atoms with Gasteiger partial charge in [0.2, 0.25) is 0 Å². The maximum atomic E-state index is 13.2. The molecule has 1 radical (unpaired) electrons. The molecule has 0 saturated carbocycles. The normalized spacial score (nSPS) is 10.9. The molecule has 0 aliphatic carbocycles. The lowest BCUT2D eigenvalue weighted by Crippen LogP contribution is -1.93. The van der Waals surface area contributed by atoms with Crippen molar-refractivity contribution in [3.05, 3.63) is 53.8 Å². The third kappa shape index (κ3) is 1.76. The second kappa shape index (κ2) is 3.82. The van der Waals surface area contributed by atoms with Crippen LogP contribution in [0.3, 0.4) is 0 Å². The van der Waals surface area contributed by atoms with Crippen molar-refractivity contribution in [2.45, 2.75) is 0 Å². The van der Waals surface area contributed by atoms with E-state index in [9.17, 15) is 4.39 Å². The standard InChI is InChI=1S/C12H6ClFN3/c13-12-4-2-9(6-15-12)17-7-16-10-3-1-8(14)5-11(10)17/h1-6H. The maximum Gasteiger partial charge on any atom is 0.182 e. The lowest BCUT2D eigenvalue weighted by atomic mass is 10.3. The van der Waals surface area contributed by atoms with E-state index in [1.165, 1.54) is 12.1 Å². The number of nitrogens with zero attached hydrogens (tertiary/aromatic N) is 3. The Kier molecular flexibility index (Phi) is 2.30. The molecule has 2 aromatic heterocycles. The number of benzene rings is 1. The van der Waals surface area contributed by atoms with Crippen molar-refractivity contribution in [1.29, 1.82) is 0 Å². The summed E-state index contributed by atoms with van der Waals surface area (Å²) in [5.41, 5.74) is 2.07. The second-order valence-corrected chi connectivity index (χ2v) is 3.91. The van der Waals surface area contributed by atoms with Gasteiger partial charge in [-0.15, -0.1) is 0 Å². The smallest absolute Gasteiger partial charge is 0.182 e. The van der Waals surface area contributed by atoms with E-state index in [0.29, 0.717) is 16.2 Å². The molecule has 0 fully saturated rings. The average Bonchev–Trinajstić information content (AvgIpc) is 2.73. The summed E-state index contributed by atoms with van der Waals surface area (Å²) in [5.74, 6) is -0.311. The van der Waals surface area contributed by atoms with Crippen LogP contribution < -0.4 is 0 Å². The molecule has 17 heavy (non-hydrogen) atoms. The van der Waals surface area contributed by atoms with Crippen LogP contribution in [0.5, 0.6) is 0 Å². The van der Waals surface area contributed by atoms with Crippen LogP contribution in [-0.4, -0.2) is 14.5 Å². The lowest BCUT2D eigenvalue weighted by Gasteiger charge is -2.02. The Hall–Kier alpha value is -1.94. The summed E-state index contributed by atoms with van der Waals surface area (Å²) < 4.78 is 14.8. The van der Waals surface area contributed by atoms with Crippen LogP contribution in [0.4, 0.5) is 4.39 Å². The molecule has 2 heterocycles. The highest BCUT2D eigenvalue weighted by Crippen LogP contribution is 2.18. The van der Waals surface area contributed by atoms with Crippen LogP contribution in [0.2, 0.25) is 5.15 Å². The van der Waals surface area contributed by atoms with Crippen molar-refractivity contribution in [2.75, 3.05) is 0 Å². The van der Waals surface area contributed by atoms with E-state index in [0.717, 1.165) is 5.69 Å². The molecule has 0 unspecified atom stereocenters. The van der Waals surface area contributed by atoms with E-state index >= 15 is 0 Å². The topological polar surface area (TPSA) is 30.7 Å². The molecular weight excluding hydrogens is 241 g/mol. The Morgan fingerprint density at radius 2 is 2.12 bits per heavy atom. The van der Waals surface area contributed by atoms with E-state index < -0.39 is 0 Å². The van der Waals surface area contributed by atoms with Crippen molar-refractivity contribution >= 4 is 22.6 Å². The zero-order valence-electron chi connectivity index (χ0n) is 8.56. The van der Waals surface area contributed by atoms with Gasteiger partial charge in [-0.1, -0.05) is 11.6 Å². The van der Waals surface area contributed by atoms with E-state index in [-0.39, 0.29) is 5.82 Å². The van der Waals surface area contributed by atoms with Crippen LogP contribution in [0, 0.1) is 12.1 Å². The fourth-order valence-corrected chi connectivity index (χ4v) is 1.74. The Bertz CT molecular complexity index is 676. The number of pyridine rings is 1. The molecule has 0 atom stereocenters. The first-order valence-corrected chi connectivity index (χ1v) is 5.29. The van der Waals surface area contributed by atoms with Crippen LogP contribution in [0.25, 0.3) is 16.7 Å². The predicted molar refractivity (Wildman–Crippen MR) is 62.7 cm³/mol. The molecule has 0 N–H and O–H groups in total. The summed E-state index contributed by atoms with van der Waals surface area (Å²) in [5, 5.41) is 0.407. The van der Waals surface area contributed by atoms with Gasteiger partial charge in [0.05, 0.1) is 22.9 Å². The number of fused-ring (bicyclic) bond motifs is 1. The van der Waals surface area contributed by atoms with Crippen molar-refractivity contribution in [3.63, 3.8) is 0 Å². The van der Waals surface area contributed by atoms with Crippen LogP contribution in [0.1, 0.15) is 0 Å². The van der Waals surface area contributed by atoms with Gasteiger partial charge in [0.25, 0.3) is 0 Å². The number of halogens is 2. The molecule has 0 spiro atoms. The van der Waals surface area contributed by atoms with E-state index in [1.807, 2.05) is 0 Å². The lowest BCUT2D eigenvalue weighted by molar-refractivity contribution is 0.629. The van der Waals surface area contributed by atoms with Crippen molar-refractivity contribution in [1.82, 2.24) is 14.5 Å². The minimum Gasteiger partial charge on any atom is -0.288 e. The molecule has 3 nitrogen and oxygen atoms in total. The molecule has 0 aliphatic rings. The first-order valence-electron chi connectivity index (χ1n) is 4.92. The van der Waals surface area contributed by atoms with Crippen LogP contribution >= 0.6 is 11.6 Å². The summed E-state index contributed by atoms with van der Waals surface area (Å²) >= 11 is 5.71. The Labute approximate surface area is 101 Å². The molecule has 3 rings (SSSR count). The number of imidazole rings is 1. The fraction of sp³-hybridized carbons (Fsp3) is 0. The predicted octanol–water partition coefficient (Wildman–Crippen LogP) is 3.01. The first-order chi connectivity index (χ1) is 8.24. The summed E-state index contributed by atoms with van der Waals surface area (Å²) in [6.07, 6.45) is 4.38. The molecule has 5 heteroatoms. The van der Waals surface area contributed by atoms with E-state index in [4.69, 9.17) is 11.6 Å². The molecule has 0 saturated heterocycles. The highest BCUT2D eigenvalue weighted by Gasteiger charge is 2.06. The van der Waals surface area contributed by atoms with Gasteiger partial charge in [-0.2, -0.15) is 0 Å². The minimum atomic E-state index is -0.311. The molecule has 0 amide bonds. The number of hydrogen-bond acceptors (Lipinski definition) is 2. The van der Waals surface area contributed by atoms with E-state index in [2.05, 4.69) is 16.3 Å². The van der Waals surface area contributed by atoms with Gasteiger partial charge < -0.3 is 0 Å². The first kappa shape index (κ1) is 10.2. The van der Waals surface area contributed by atoms with Crippen molar-refractivity contribution < 1.29 is 4.39 Å². The summed E-state index contributed by atoms with van der Waals surface area (Å²) in [7, 11) is 0. The highest BCUT2D eigenvalue weighted by atomic mass is 35.5. The van der Waals surface area contributed by atoms with Crippen molar-refractivity contribution in [2.24, 2.45) is 0 Å². The second-order valence-electron chi connectivity index (χ2n) is 3.52. The van der Waals surface area contributed by atoms with Gasteiger partial charge in [-0.3, -0.25) is 4.57 Å². The van der Waals surface area contributed by atoms with Gasteiger partial charge in [-0.25, -0.2) is 14.4 Å². The Balaban J connectivity index is 2.23. The third-order valence-corrected chi connectivity index (χ3v) is 2.64. The average molecular weight is 247 g/mol. The largest absolute Gasteiger partial charge is 0.288 e. The van der Waals surface area contributed by atoms with Gasteiger partial charge in [0, 0.05) is 6.07 Å². The van der Waals surface area contributed by atoms with Gasteiger partial charge in [0.15, 0.2) is 6.33 Å². The number of hydrogen-bond donors (Lipinski definition) is 0. The third-order valence-electron chi connectivity index (χ3n) is 2.42. The molecule has 0 bridgehead atoms. The molecule has 83 valence electrons. The number of rotatable bonds is 1. The quantitative estimate of drug-likeness (QED) is 0.618. The van der Waals surface area contributed by atoms with E-state index in [1.54, 1.807) is 29.0 Å². The molecule has 0 aliphatic heterocycles. The molecule has 3 aromatic rings. The monoisotopic (exact) mass is 246 g/mol. The Morgan fingerprint density at radius 1 is 1.24 bits per heavy atom. The molecule has 1 aromatic carbocycles. The highest BCUT2D eigenvalue weighted by molar-refractivity contribution is 6.29. The Morgan fingerprint density at radius 3 is 2.88 bits per heavy atom. The summed E-state index contributed by atoms with van der Waals surface area (Å²) in [6, 6.07) is 7.83. The van der Waals surface area contributed by atoms with Gasteiger partial charge >= 0.3 is 0 Å². The van der Waals surface area contributed by atoms with Crippen molar-refractivity contribution in [3.8, 4) is 5.69 Å². The maximum absolute atomic E-state index is 13.2. The fourth-order valence-electron chi connectivity index (χ4n) is 1.63. The SMILES string of the molecule is Fc1ccc2n[c]n(-c3ccc(Cl)nc3)c2c1. The van der Waals surface area contributed by atoms with Crippen LogP contribution in [0.15, 0.2) is 36.5 Å². The minimum absolute atomic E-state index is 0.311. The van der Waals surface area contributed by atoms with Crippen LogP contribution in [-0.2, 0) is 0 Å². The zero-order chi connectivity index (χ0) is 11.8. The van der Waals surface area contributed by atoms with Gasteiger partial charge in [0.1, 0.15) is 11.0 Å².